The fourth-order valence-corrected chi connectivity index (χ4v) is 7.69. The van der Waals surface area contributed by atoms with Gasteiger partial charge in [-0.2, -0.15) is 0 Å². The zero-order valence-electron chi connectivity index (χ0n) is 29.8. The van der Waals surface area contributed by atoms with Crippen molar-refractivity contribution in [2.75, 3.05) is 4.90 Å². The number of benzene rings is 8. The zero-order chi connectivity index (χ0) is 35.2. The lowest BCUT2D eigenvalue weighted by molar-refractivity contribution is 0.591. The summed E-state index contributed by atoms with van der Waals surface area (Å²) in [5.74, 6) is 0. The van der Waals surface area contributed by atoms with Crippen molar-refractivity contribution < 1.29 is 0 Å². The monoisotopic (exact) mass is 668 g/mol. The first-order chi connectivity index (χ1) is 25.4. The molecule has 0 radical (unpaired) electrons. The molecule has 0 fully saturated rings. The summed E-state index contributed by atoms with van der Waals surface area (Å²) in [5, 5.41) is 4.98. The Morgan fingerprint density at radius 3 is 1.67 bits per heavy atom. The number of rotatable bonds is 6. The molecule has 2 nitrogen and oxygen atoms in total. The lowest BCUT2D eigenvalue weighted by atomic mass is 9.86. The van der Waals surface area contributed by atoms with Crippen molar-refractivity contribution in [3.8, 4) is 27.9 Å². The zero-order valence-corrected chi connectivity index (χ0v) is 29.8. The van der Waals surface area contributed by atoms with Crippen LogP contribution in [0.2, 0.25) is 0 Å². The Labute approximate surface area is 305 Å². The predicted molar refractivity (Wildman–Crippen MR) is 223 cm³/mol. The van der Waals surface area contributed by atoms with E-state index in [1.165, 1.54) is 66.1 Å². The molecule has 52 heavy (non-hydrogen) atoms. The van der Waals surface area contributed by atoms with Crippen LogP contribution in [-0.4, -0.2) is 4.57 Å². The Balaban J connectivity index is 1.22. The topological polar surface area (TPSA) is 8.17 Å². The van der Waals surface area contributed by atoms with Gasteiger partial charge in [-0.1, -0.05) is 142 Å². The Morgan fingerprint density at radius 2 is 0.962 bits per heavy atom. The van der Waals surface area contributed by atoms with Crippen LogP contribution in [0.15, 0.2) is 188 Å². The number of anilines is 3. The Morgan fingerprint density at radius 1 is 0.404 bits per heavy atom. The summed E-state index contributed by atoms with van der Waals surface area (Å²) >= 11 is 0. The first kappa shape index (κ1) is 31.6. The second-order valence-electron chi connectivity index (χ2n) is 14.6. The molecule has 0 aliphatic heterocycles. The predicted octanol–water partition coefficient (Wildman–Crippen LogP) is 14.0. The number of aromatic nitrogens is 1. The van der Waals surface area contributed by atoms with E-state index in [-0.39, 0.29) is 5.41 Å². The lowest BCUT2D eigenvalue weighted by Gasteiger charge is -2.27. The third-order valence-electron chi connectivity index (χ3n) is 10.3. The summed E-state index contributed by atoms with van der Waals surface area (Å²) in [6.07, 6.45) is 0. The molecule has 250 valence electrons. The summed E-state index contributed by atoms with van der Waals surface area (Å²) in [4.78, 5) is 2.38. The van der Waals surface area contributed by atoms with Gasteiger partial charge in [0.15, 0.2) is 0 Å². The van der Waals surface area contributed by atoms with E-state index in [1.807, 2.05) is 0 Å². The number of fused-ring (bicyclic) bond motifs is 4. The smallest absolute Gasteiger partial charge is 0.0541 e. The summed E-state index contributed by atoms with van der Waals surface area (Å²) in [5.41, 5.74) is 13.2. The van der Waals surface area contributed by atoms with Crippen LogP contribution in [0.3, 0.4) is 0 Å². The highest BCUT2D eigenvalue weighted by molar-refractivity contribution is 6.12. The average Bonchev–Trinajstić information content (AvgIpc) is 3.52. The number of para-hydroxylation sites is 2. The highest BCUT2D eigenvalue weighted by Crippen LogP contribution is 2.43. The normalized spacial score (nSPS) is 11.8. The molecule has 1 aromatic heterocycles. The van der Waals surface area contributed by atoms with Crippen molar-refractivity contribution in [1.29, 1.82) is 0 Å². The van der Waals surface area contributed by atoms with Gasteiger partial charge >= 0.3 is 0 Å². The maximum absolute atomic E-state index is 2.41. The molecule has 8 aromatic carbocycles. The molecule has 0 amide bonds. The standard InChI is InChI=1S/C50H40N2/c1-50(2,3)38-28-32-49-46(34-38)45-33-37(27-31-48(45)52(49)40-19-11-6-12-20-40)42-21-13-23-44-43(42)22-14-24-47(44)51(39-17-9-5-10-18-39)41-29-25-36(26-30-41)35-15-7-4-8-16-35/h4-34H,1-3H3. The first-order valence-corrected chi connectivity index (χ1v) is 18.1. The van der Waals surface area contributed by atoms with E-state index in [9.17, 15) is 0 Å². The van der Waals surface area contributed by atoms with Gasteiger partial charge in [0.05, 0.1) is 16.7 Å². The SMILES string of the molecule is CC(C)(C)c1ccc2c(c1)c1cc(-c3cccc4c(N(c5ccccc5)c5ccc(-c6ccccc6)cc5)cccc34)ccc1n2-c1ccccc1. The van der Waals surface area contributed by atoms with Crippen molar-refractivity contribution in [3.05, 3.63) is 194 Å². The van der Waals surface area contributed by atoms with Crippen LogP contribution in [-0.2, 0) is 5.41 Å². The van der Waals surface area contributed by atoms with E-state index in [0.717, 1.165) is 17.1 Å². The molecule has 0 spiro atoms. The van der Waals surface area contributed by atoms with Crippen molar-refractivity contribution in [2.24, 2.45) is 0 Å². The number of hydrogen-bond donors (Lipinski definition) is 0. The largest absolute Gasteiger partial charge is 0.310 e. The van der Waals surface area contributed by atoms with Gasteiger partial charge in [-0.25, -0.2) is 0 Å². The highest BCUT2D eigenvalue weighted by Gasteiger charge is 2.20. The first-order valence-electron chi connectivity index (χ1n) is 18.1. The van der Waals surface area contributed by atoms with Gasteiger partial charge < -0.3 is 9.47 Å². The molecule has 9 aromatic rings. The van der Waals surface area contributed by atoms with Gasteiger partial charge in [0.1, 0.15) is 0 Å². The molecular weight excluding hydrogens is 629 g/mol. The van der Waals surface area contributed by atoms with Gasteiger partial charge in [0.25, 0.3) is 0 Å². The molecule has 0 saturated carbocycles. The van der Waals surface area contributed by atoms with E-state index in [4.69, 9.17) is 0 Å². The number of hydrogen-bond acceptors (Lipinski definition) is 1. The fraction of sp³-hybridized carbons (Fsp3) is 0.0800. The van der Waals surface area contributed by atoms with Gasteiger partial charge in [-0.15, -0.1) is 0 Å². The van der Waals surface area contributed by atoms with Gasteiger partial charge in [0.2, 0.25) is 0 Å². The molecule has 1 heterocycles. The minimum Gasteiger partial charge on any atom is -0.310 e. The van der Waals surface area contributed by atoms with E-state index in [0.29, 0.717) is 0 Å². The molecule has 0 bridgehead atoms. The van der Waals surface area contributed by atoms with E-state index in [2.05, 4.69) is 218 Å². The second kappa shape index (κ2) is 12.7. The third-order valence-corrected chi connectivity index (χ3v) is 10.3. The average molecular weight is 669 g/mol. The Bertz CT molecular complexity index is 2680. The molecule has 9 rings (SSSR count). The van der Waals surface area contributed by atoms with Gasteiger partial charge in [0, 0.05) is 33.2 Å². The van der Waals surface area contributed by atoms with Crippen LogP contribution in [0.5, 0.6) is 0 Å². The van der Waals surface area contributed by atoms with Crippen molar-refractivity contribution >= 4 is 49.6 Å². The fourth-order valence-electron chi connectivity index (χ4n) is 7.69. The maximum atomic E-state index is 2.41. The van der Waals surface area contributed by atoms with E-state index >= 15 is 0 Å². The summed E-state index contributed by atoms with van der Waals surface area (Å²) in [6.45, 7) is 6.88. The minimum absolute atomic E-state index is 0.0471. The quantitative estimate of drug-likeness (QED) is 0.171. The molecule has 0 atom stereocenters. The molecule has 0 N–H and O–H groups in total. The molecule has 0 unspecified atom stereocenters. The molecule has 2 heteroatoms. The third kappa shape index (κ3) is 5.54. The Kier molecular flexibility index (Phi) is 7.74. The second-order valence-corrected chi connectivity index (χ2v) is 14.6. The Hall–Kier alpha value is -6.38. The highest BCUT2D eigenvalue weighted by atomic mass is 15.1. The van der Waals surface area contributed by atoms with Crippen LogP contribution >= 0.6 is 0 Å². The van der Waals surface area contributed by atoms with Gasteiger partial charge in [-0.3, -0.25) is 0 Å². The van der Waals surface area contributed by atoms with Crippen LogP contribution in [0.4, 0.5) is 17.1 Å². The summed E-state index contributed by atoms with van der Waals surface area (Å²) < 4.78 is 2.41. The van der Waals surface area contributed by atoms with E-state index < -0.39 is 0 Å². The minimum atomic E-state index is 0.0471. The van der Waals surface area contributed by atoms with Crippen LogP contribution in [0.1, 0.15) is 26.3 Å². The maximum Gasteiger partial charge on any atom is 0.0541 e. The molecule has 0 aliphatic carbocycles. The summed E-state index contributed by atoms with van der Waals surface area (Å²) in [6, 6.07) is 68.4. The van der Waals surface area contributed by atoms with Crippen LogP contribution in [0, 0.1) is 0 Å². The summed E-state index contributed by atoms with van der Waals surface area (Å²) in [7, 11) is 0. The van der Waals surface area contributed by atoms with Gasteiger partial charge in [-0.05, 0) is 105 Å². The van der Waals surface area contributed by atoms with Crippen molar-refractivity contribution in [2.45, 2.75) is 26.2 Å². The van der Waals surface area contributed by atoms with Crippen molar-refractivity contribution in [3.63, 3.8) is 0 Å². The number of nitrogens with zero attached hydrogens (tertiary/aromatic N) is 2. The van der Waals surface area contributed by atoms with Crippen LogP contribution < -0.4 is 4.90 Å². The van der Waals surface area contributed by atoms with Crippen molar-refractivity contribution in [1.82, 2.24) is 4.57 Å². The lowest BCUT2D eigenvalue weighted by Crippen LogP contribution is -2.10. The molecule has 0 saturated heterocycles. The van der Waals surface area contributed by atoms with Crippen LogP contribution in [0.25, 0.3) is 60.5 Å². The molecule has 0 aliphatic rings. The van der Waals surface area contributed by atoms with E-state index in [1.54, 1.807) is 0 Å². The molecular formula is C50H40N2.